The van der Waals surface area contributed by atoms with Gasteiger partial charge >= 0.3 is 6.03 Å². The van der Waals surface area contributed by atoms with Crippen LogP contribution in [0, 0.1) is 11.3 Å². The van der Waals surface area contributed by atoms with E-state index in [1.54, 1.807) is 43.0 Å². The lowest BCUT2D eigenvalue weighted by atomic mass is 10.1. The molecule has 0 saturated heterocycles. The molecule has 0 aliphatic heterocycles. The summed E-state index contributed by atoms with van der Waals surface area (Å²) < 4.78 is 5.38. The lowest BCUT2D eigenvalue weighted by Crippen LogP contribution is -2.36. The topological polar surface area (TPSA) is 65.4 Å². The van der Waals surface area contributed by atoms with Crippen molar-refractivity contribution in [3.63, 3.8) is 0 Å². The fraction of sp³-hybridized carbons (Fsp3) is 0.263. The fourth-order valence-corrected chi connectivity index (χ4v) is 2.94. The Labute approximate surface area is 152 Å². The van der Waals surface area contributed by atoms with Crippen LogP contribution in [0.15, 0.2) is 47.4 Å². The molecule has 25 heavy (non-hydrogen) atoms. The molecule has 0 heterocycles. The maximum Gasteiger partial charge on any atom is 0.317 e. The molecule has 0 aliphatic carbocycles. The molecule has 0 saturated carbocycles. The Morgan fingerprint density at radius 3 is 2.76 bits per heavy atom. The van der Waals surface area contributed by atoms with Crippen LogP contribution in [-0.4, -0.2) is 31.3 Å². The number of urea groups is 1. The smallest absolute Gasteiger partial charge is 0.317 e. The van der Waals surface area contributed by atoms with Crippen LogP contribution in [0.1, 0.15) is 16.7 Å². The van der Waals surface area contributed by atoms with Crippen LogP contribution in [0.4, 0.5) is 4.79 Å². The third-order valence-corrected chi connectivity index (χ3v) is 4.49. The highest BCUT2D eigenvalue weighted by atomic mass is 32.2. The Balaban J connectivity index is 1.95. The van der Waals surface area contributed by atoms with Crippen molar-refractivity contribution in [3.8, 4) is 11.8 Å². The first-order valence-electron chi connectivity index (χ1n) is 7.76. The van der Waals surface area contributed by atoms with Gasteiger partial charge in [-0.2, -0.15) is 5.26 Å². The number of carbonyl (C=O) groups is 1. The highest BCUT2D eigenvalue weighted by Crippen LogP contribution is 2.28. The number of nitriles is 1. The summed E-state index contributed by atoms with van der Waals surface area (Å²) in [6.45, 7) is 0.864. The summed E-state index contributed by atoms with van der Waals surface area (Å²) >= 11 is 1.62. The maximum absolute atomic E-state index is 12.3. The predicted octanol–water partition coefficient (Wildman–Crippen LogP) is 3.63. The number of rotatable bonds is 6. The molecule has 1 N–H and O–H groups in total. The zero-order valence-electron chi connectivity index (χ0n) is 14.6. The Hall–Kier alpha value is -2.65. The molecule has 2 rings (SSSR count). The standard InChI is InChI=1S/C19H21N3O2S/c1-22(13-16-7-8-18(25-3)17(10-16)24-2)19(23)21-12-15-6-4-5-14(9-15)11-20/h4-10H,12-13H2,1-3H3,(H,21,23). The van der Waals surface area contributed by atoms with Gasteiger partial charge in [0.1, 0.15) is 5.75 Å². The van der Waals surface area contributed by atoms with Gasteiger partial charge in [-0.25, -0.2) is 4.79 Å². The van der Waals surface area contributed by atoms with Crippen LogP contribution in [0.25, 0.3) is 0 Å². The van der Waals surface area contributed by atoms with E-state index in [1.165, 1.54) is 0 Å². The Morgan fingerprint density at radius 2 is 2.08 bits per heavy atom. The first-order valence-corrected chi connectivity index (χ1v) is 8.98. The van der Waals surface area contributed by atoms with Crippen molar-refractivity contribution in [3.05, 3.63) is 59.2 Å². The Kier molecular flexibility index (Phi) is 6.72. The molecule has 6 heteroatoms. The van der Waals surface area contributed by atoms with Crippen molar-refractivity contribution >= 4 is 17.8 Å². The first kappa shape index (κ1) is 18.7. The molecule has 0 unspecified atom stereocenters. The monoisotopic (exact) mass is 355 g/mol. The van der Waals surface area contributed by atoms with Gasteiger partial charge in [-0.05, 0) is 41.6 Å². The molecular formula is C19H21N3O2S. The first-order chi connectivity index (χ1) is 12.1. The molecule has 0 aliphatic rings. The van der Waals surface area contributed by atoms with Crippen molar-refractivity contribution in [2.24, 2.45) is 0 Å². The minimum Gasteiger partial charge on any atom is -0.496 e. The second kappa shape index (κ2) is 9.00. The van der Waals surface area contributed by atoms with Gasteiger partial charge in [0.15, 0.2) is 0 Å². The van der Waals surface area contributed by atoms with Gasteiger partial charge in [0.05, 0.1) is 18.7 Å². The average molecular weight is 355 g/mol. The van der Waals surface area contributed by atoms with E-state index in [1.807, 2.05) is 36.6 Å². The quantitative estimate of drug-likeness (QED) is 0.804. The number of nitrogens with zero attached hydrogens (tertiary/aromatic N) is 2. The third-order valence-electron chi connectivity index (χ3n) is 3.71. The largest absolute Gasteiger partial charge is 0.496 e. The summed E-state index contributed by atoms with van der Waals surface area (Å²) in [7, 11) is 3.39. The van der Waals surface area contributed by atoms with Gasteiger partial charge in [0, 0.05) is 25.0 Å². The molecular weight excluding hydrogens is 334 g/mol. The lowest BCUT2D eigenvalue weighted by molar-refractivity contribution is 0.206. The third kappa shape index (κ3) is 5.16. The summed E-state index contributed by atoms with van der Waals surface area (Å²) in [5, 5.41) is 11.8. The Bertz CT molecular complexity index is 786. The normalized spacial score (nSPS) is 10.0. The number of hydrogen-bond donors (Lipinski definition) is 1. The van der Waals surface area contributed by atoms with Gasteiger partial charge in [0.25, 0.3) is 0 Å². The van der Waals surface area contributed by atoms with Crippen LogP contribution in [0.3, 0.4) is 0 Å². The highest BCUT2D eigenvalue weighted by molar-refractivity contribution is 7.98. The van der Waals surface area contributed by atoms with Crippen LogP contribution in [-0.2, 0) is 13.1 Å². The number of nitrogens with one attached hydrogen (secondary N) is 1. The second-order valence-corrected chi connectivity index (χ2v) is 6.36. The van der Waals surface area contributed by atoms with E-state index in [-0.39, 0.29) is 6.03 Å². The van der Waals surface area contributed by atoms with Gasteiger partial charge in [-0.3, -0.25) is 0 Å². The molecule has 0 radical (unpaired) electrons. The van der Waals surface area contributed by atoms with E-state index in [0.29, 0.717) is 18.7 Å². The number of amides is 2. The van der Waals surface area contributed by atoms with E-state index in [9.17, 15) is 4.79 Å². The van der Waals surface area contributed by atoms with Crippen molar-refractivity contribution in [1.29, 1.82) is 5.26 Å². The molecule has 2 aromatic carbocycles. The minimum absolute atomic E-state index is 0.171. The van der Waals surface area contributed by atoms with Gasteiger partial charge in [-0.15, -0.1) is 11.8 Å². The zero-order valence-corrected chi connectivity index (χ0v) is 15.4. The van der Waals surface area contributed by atoms with Gasteiger partial charge in [0.2, 0.25) is 0 Å². The van der Waals surface area contributed by atoms with E-state index in [4.69, 9.17) is 10.00 Å². The molecule has 2 amide bonds. The number of carbonyl (C=O) groups excluding carboxylic acids is 1. The van der Waals surface area contributed by atoms with Crippen molar-refractivity contribution in [2.45, 2.75) is 18.0 Å². The van der Waals surface area contributed by atoms with E-state index in [2.05, 4.69) is 11.4 Å². The number of benzene rings is 2. The minimum atomic E-state index is -0.171. The maximum atomic E-state index is 12.3. The number of methoxy groups -OCH3 is 1. The van der Waals surface area contributed by atoms with E-state index >= 15 is 0 Å². The van der Waals surface area contributed by atoms with E-state index < -0.39 is 0 Å². The molecule has 0 bridgehead atoms. The molecule has 0 fully saturated rings. The number of thioether (sulfide) groups is 1. The highest BCUT2D eigenvalue weighted by Gasteiger charge is 2.11. The van der Waals surface area contributed by atoms with Crippen LogP contribution in [0.2, 0.25) is 0 Å². The lowest BCUT2D eigenvalue weighted by Gasteiger charge is -2.19. The summed E-state index contributed by atoms with van der Waals surface area (Å²) in [5.74, 6) is 0.812. The fourth-order valence-electron chi connectivity index (χ4n) is 2.39. The molecule has 0 spiro atoms. The van der Waals surface area contributed by atoms with Crippen LogP contribution in [0.5, 0.6) is 5.75 Å². The molecule has 0 atom stereocenters. The van der Waals surface area contributed by atoms with Crippen molar-refractivity contribution < 1.29 is 9.53 Å². The average Bonchev–Trinajstić information content (AvgIpc) is 2.65. The SMILES string of the molecule is COc1cc(CN(C)C(=O)NCc2cccc(C#N)c2)ccc1SC. The van der Waals surface area contributed by atoms with Gasteiger partial charge < -0.3 is 15.0 Å². The summed E-state index contributed by atoms with van der Waals surface area (Å²) in [5.41, 5.74) is 2.48. The van der Waals surface area contributed by atoms with Crippen molar-refractivity contribution in [1.82, 2.24) is 10.2 Å². The summed E-state index contributed by atoms with van der Waals surface area (Å²) in [6, 6.07) is 15.1. The van der Waals surface area contributed by atoms with Crippen LogP contribution < -0.4 is 10.1 Å². The Morgan fingerprint density at radius 1 is 1.28 bits per heavy atom. The second-order valence-electron chi connectivity index (χ2n) is 5.52. The predicted molar refractivity (Wildman–Crippen MR) is 99.6 cm³/mol. The number of hydrogen-bond acceptors (Lipinski definition) is 4. The van der Waals surface area contributed by atoms with Crippen LogP contribution >= 0.6 is 11.8 Å². The van der Waals surface area contributed by atoms with Crippen molar-refractivity contribution in [2.75, 3.05) is 20.4 Å². The number of ether oxygens (including phenoxy) is 1. The summed E-state index contributed by atoms with van der Waals surface area (Å²) in [6.07, 6.45) is 2.00. The molecule has 2 aromatic rings. The molecule has 130 valence electrons. The summed E-state index contributed by atoms with van der Waals surface area (Å²) in [4.78, 5) is 14.9. The zero-order chi connectivity index (χ0) is 18.2. The molecule has 0 aromatic heterocycles. The van der Waals surface area contributed by atoms with E-state index in [0.717, 1.165) is 21.8 Å². The van der Waals surface area contributed by atoms with Gasteiger partial charge in [-0.1, -0.05) is 18.2 Å². The molecule has 5 nitrogen and oxygen atoms in total.